The van der Waals surface area contributed by atoms with Gasteiger partial charge >= 0.3 is 0 Å². The van der Waals surface area contributed by atoms with E-state index in [0.29, 0.717) is 0 Å². The maximum absolute atomic E-state index is 12.1. The first kappa shape index (κ1) is 17.2. The molecule has 0 spiro atoms. The fourth-order valence-corrected chi connectivity index (χ4v) is 3.31. The van der Waals surface area contributed by atoms with E-state index in [2.05, 4.69) is 24.4 Å². The van der Waals surface area contributed by atoms with Crippen molar-refractivity contribution in [1.82, 2.24) is 5.32 Å². The molecule has 1 N–H and O–H groups in total. The predicted octanol–water partition coefficient (Wildman–Crippen LogP) is 3.11. The molecule has 1 aromatic carbocycles. The molecule has 0 saturated heterocycles. The normalized spacial score (nSPS) is 13.7. The monoisotopic (exact) mass is 297 g/mol. The molecule has 3 nitrogen and oxygen atoms in total. The Kier molecular flexibility index (Phi) is 6.69. The van der Waals surface area contributed by atoms with Crippen molar-refractivity contribution >= 4 is 9.84 Å². The molecule has 0 aliphatic heterocycles. The van der Waals surface area contributed by atoms with Gasteiger partial charge in [-0.3, -0.25) is 0 Å². The molecule has 1 rings (SSSR count). The standard InChI is InChI=1S/C16H27NO2S/c1-5-7-14-8-10-15(11-9-14)16(17-6-2)12-20(18,19)13(3)4/h8-11,13,16-17H,5-7,12H2,1-4H3. The Morgan fingerprint density at radius 2 is 1.70 bits per heavy atom. The van der Waals surface area contributed by atoms with Crippen LogP contribution < -0.4 is 5.32 Å². The maximum atomic E-state index is 12.1. The Hall–Kier alpha value is -0.870. The second-order valence-electron chi connectivity index (χ2n) is 5.48. The Labute approximate surface area is 123 Å². The van der Waals surface area contributed by atoms with E-state index in [9.17, 15) is 8.42 Å². The molecule has 0 saturated carbocycles. The molecule has 0 bridgehead atoms. The van der Waals surface area contributed by atoms with Gasteiger partial charge in [0.1, 0.15) is 0 Å². The largest absolute Gasteiger partial charge is 0.309 e. The van der Waals surface area contributed by atoms with Gasteiger partial charge in [-0.25, -0.2) is 8.42 Å². The highest BCUT2D eigenvalue weighted by molar-refractivity contribution is 7.92. The third-order valence-electron chi connectivity index (χ3n) is 3.49. The highest BCUT2D eigenvalue weighted by Crippen LogP contribution is 2.18. The summed E-state index contributed by atoms with van der Waals surface area (Å²) in [6, 6.07) is 8.18. The molecule has 1 aromatic rings. The fourth-order valence-electron chi connectivity index (χ4n) is 2.15. The van der Waals surface area contributed by atoms with Gasteiger partial charge in [0.05, 0.1) is 11.0 Å². The summed E-state index contributed by atoms with van der Waals surface area (Å²) in [5.41, 5.74) is 2.36. The molecule has 0 aromatic heterocycles. The lowest BCUT2D eigenvalue weighted by Crippen LogP contribution is -2.31. The van der Waals surface area contributed by atoms with E-state index < -0.39 is 9.84 Å². The summed E-state index contributed by atoms with van der Waals surface area (Å²) in [6.07, 6.45) is 2.19. The molecule has 0 aliphatic rings. The molecular weight excluding hydrogens is 270 g/mol. The zero-order valence-corrected chi connectivity index (χ0v) is 13.8. The van der Waals surface area contributed by atoms with Crippen LogP contribution >= 0.6 is 0 Å². The van der Waals surface area contributed by atoms with Gasteiger partial charge in [0.2, 0.25) is 0 Å². The zero-order valence-electron chi connectivity index (χ0n) is 13.0. The maximum Gasteiger partial charge on any atom is 0.154 e. The molecule has 0 aliphatic carbocycles. The van der Waals surface area contributed by atoms with Crippen LogP contribution in [0, 0.1) is 0 Å². The minimum absolute atomic E-state index is 0.122. The summed E-state index contributed by atoms with van der Waals surface area (Å²) in [7, 11) is -3.05. The van der Waals surface area contributed by atoms with E-state index in [1.165, 1.54) is 5.56 Å². The Bertz CT molecular complexity index is 492. The van der Waals surface area contributed by atoms with Crippen molar-refractivity contribution in [1.29, 1.82) is 0 Å². The fraction of sp³-hybridized carbons (Fsp3) is 0.625. The highest BCUT2D eigenvalue weighted by atomic mass is 32.2. The summed E-state index contributed by atoms with van der Waals surface area (Å²) in [4.78, 5) is 0. The molecule has 1 unspecified atom stereocenters. The molecule has 20 heavy (non-hydrogen) atoms. The van der Waals surface area contributed by atoms with Crippen LogP contribution in [0.5, 0.6) is 0 Å². The third kappa shape index (κ3) is 4.91. The number of aryl methyl sites for hydroxylation is 1. The van der Waals surface area contributed by atoms with Crippen LogP contribution in [0.25, 0.3) is 0 Å². The molecule has 0 heterocycles. The van der Waals surface area contributed by atoms with Gasteiger partial charge in [-0.05, 0) is 37.9 Å². The summed E-state index contributed by atoms with van der Waals surface area (Å²) in [5.74, 6) is 0.158. The van der Waals surface area contributed by atoms with Gasteiger partial charge in [0, 0.05) is 6.04 Å². The van der Waals surface area contributed by atoms with Crippen molar-refractivity contribution < 1.29 is 8.42 Å². The van der Waals surface area contributed by atoms with E-state index >= 15 is 0 Å². The smallest absolute Gasteiger partial charge is 0.154 e. The molecule has 1 atom stereocenters. The van der Waals surface area contributed by atoms with Crippen LogP contribution in [0.2, 0.25) is 0 Å². The Morgan fingerprint density at radius 1 is 1.10 bits per heavy atom. The summed E-state index contributed by atoms with van der Waals surface area (Å²) in [6.45, 7) is 8.39. The molecule has 0 radical (unpaired) electrons. The Balaban J connectivity index is 2.90. The van der Waals surface area contributed by atoms with E-state index in [-0.39, 0.29) is 17.0 Å². The lowest BCUT2D eigenvalue weighted by Gasteiger charge is -2.20. The number of sulfone groups is 1. The summed E-state index contributed by atoms with van der Waals surface area (Å²) < 4.78 is 24.2. The second-order valence-corrected chi connectivity index (χ2v) is 8.08. The van der Waals surface area contributed by atoms with E-state index in [1.54, 1.807) is 13.8 Å². The van der Waals surface area contributed by atoms with Crippen LogP contribution in [0.3, 0.4) is 0 Å². The zero-order chi connectivity index (χ0) is 15.2. The van der Waals surface area contributed by atoms with E-state index in [1.807, 2.05) is 19.1 Å². The van der Waals surface area contributed by atoms with Crippen molar-refractivity contribution in [2.45, 2.75) is 51.8 Å². The lowest BCUT2D eigenvalue weighted by molar-refractivity contribution is 0.553. The minimum Gasteiger partial charge on any atom is -0.309 e. The van der Waals surface area contributed by atoms with Crippen LogP contribution in [-0.4, -0.2) is 26.0 Å². The molecule has 0 amide bonds. The highest BCUT2D eigenvalue weighted by Gasteiger charge is 2.23. The van der Waals surface area contributed by atoms with Gasteiger partial charge in [-0.1, -0.05) is 44.5 Å². The van der Waals surface area contributed by atoms with Crippen molar-refractivity contribution in [3.8, 4) is 0 Å². The van der Waals surface area contributed by atoms with Gasteiger partial charge in [-0.15, -0.1) is 0 Å². The first-order valence-electron chi connectivity index (χ1n) is 7.44. The average molecular weight is 297 g/mol. The van der Waals surface area contributed by atoms with Gasteiger partial charge in [-0.2, -0.15) is 0 Å². The average Bonchev–Trinajstić information content (AvgIpc) is 2.39. The third-order valence-corrected chi connectivity index (χ3v) is 5.72. The topological polar surface area (TPSA) is 46.2 Å². The minimum atomic E-state index is -3.05. The quantitative estimate of drug-likeness (QED) is 0.802. The summed E-state index contributed by atoms with van der Waals surface area (Å²) >= 11 is 0. The van der Waals surface area contributed by atoms with Crippen LogP contribution in [0.15, 0.2) is 24.3 Å². The second kappa shape index (κ2) is 7.79. The first-order chi connectivity index (χ1) is 9.40. The van der Waals surface area contributed by atoms with Crippen LogP contribution in [0.1, 0.15) is 51.3 Å². The van der Waals surface area contributed by atoms with Gasteiger partial charge < -0.3 is 5.32 Å². The molecule has 114 valence electrons. The van der Waals surface area contributed by atoms with Crippen molar-refractivity contribution in [2.24, 2.45) is 0 Å². The Morgan fingerprint density at radius 3 is 2.15 bits per heavy atom. The first-order valence-corrected chi connectivity index (χ1v) is 9.16. The number of rotatable bonds is 8. The lowest BCUT2D eigenvalue weighted by atomic mass is 10.0. The van der Waals surface area contributed by atoms with Crippen molar-refractivity contribution in [2.75, 3.05) is 12.3 Å². The van der Waals surface area contributed by atoms with Gasteiger partial charge in [0.25, 0.3) is 0 Å². The molecule has 4 heteroatoms. The van der Waals surface area contributed by atoms with Crippen LogP contribution in [0.4, 0.5) is 0 Å². The van der Waals surface area contributed by atoms with Crippen molar-refractivity contribution in [3.05, 3.63) is 35.4 Å². The SMILES string of the molecule is CCCc1ccc(C(CS(=O)(=O)C(C)C)NCC)cc1. The predicted molar refractivity (Wildman–Crippen MR) is 85.8 cm³/mol. The number of benzene rings is 1. The number of nitrogens with one attached hydrogen (secondary N) is 1. The molecular formula is C16H27NO2S. The summed E-state index contributed by atoms with van der Waals surface area (Å²) in [5, 5.41) is 2.95. The van der Waals surface area contributed by atoms with Crippen molar-refractivity contribution in [3.63, 3.8) is 0 Å². The van der Waals surface area contributed by atoms with Crippen LogP contribution in [-0.2, 0) is 16.3 Å². The number of hydrogen-bond acceptors (Lipinski definition) is 3. The number of hydrogen-bond donors (Lipinski definition) is 1. The molecule has 0 fully saturated rings. The van der Waals surface area contributed by atoms with E-state index in [0.717, 1.165) is 24.9 Å². The van der Waals surface area contributed by atoms with Gasteiger partial charge in [0.15, 0.2) is 9.84 Å². The van der Waals surface area contributed by atoms with E-state index in [4.69, 9.17) is 0 Å².